The maximum absolute atomic E-state index is 13.3. The van der Waals surface area contributed by atoms with Gasteiger partial charge in [0.1, 0.15) is 17.3 Å². The molecule has 5 amide bonds. The second-order valence-electron chi connectivity index (χ2n) is 7.80. The minimum Gasteiger partial charge on any atom is -0.493 e. The maximum atomic E-state index is 13.3. The minimum absolute atomic E-state index is 0.270. The number of rotatable bonds is 4. The van der Waals surface area contributed by atoms with Gasteiger partial charge in [0.25, 0.3) is 11.8 Å². The van der Waals surface area contributed by atoms with Crippen molar-refractivity contribution in [3.8, 4) is 5.75 Å². The van der Waals surface area contributed by atoms with E-state index in [1.165, 1.54) is 11.3 Å². The molecule has 10 heteroatoms. The summed E-state index contributed by atoms with van der Waals surface area (Å²) < 4.78 is 5.61. The Morgan fingerprint density at radius 3 is 2.87 bits per heavy atom. The zero-order valence-electron chi connectivity index (χ0n) is 16.5. The third kappa shape index (κ3) is 2.97. The molecule has 0 radical (unpaired) electrons. The summed E-state index contributed by atoms with van der Waals surface area (Å²) in [6, 6.07) is 6.40. The van der Waals surface area contributed by atoms with Gasteiger partial charge in [0.15, 0.2) is 5.54 Å². The van der Waals surface area contributed by atoms with Gasteiger partial charge in [-0.1, -0.05) is 18.2 Å². The zero-order chi connectivity index (χ0) is 21.8. The van der Waals surface area contributed by atoms with E-state index in [1.807, 2.05) is 0 Å². The number of nitrogens with two attached hydrogens (primary N) is 1. The molecule has 5 rings (SSSR count). The molecule has 31 heavy (non-hydrogen) atoms. The van der Waals surface area contributed by atoms with E-state index in [-0.39, 0.29) is 13.0 Å². The van der Waals surface area contributed by atoms with Crippen molar-refractivity contribution in [1.29, 1.82) is 0 Å². The molecule has 160 valence electrons. The summed E-state index contributed by atoms with van der Waals surface area (Å²) in [4.78, 5) is 52.5. The molecule has 2 aromatic rings. The van der Waals surface area contributed by atoms with Crippen molar-refractivity contribution in [1.82, 2.24) is 10.2 Å². The van der Waals surface area contributed by atoms with Gasteiger partial charge in [0, 0.05) is 16.9 Å². The van der Waals surface area contributed by atoms with Gasteiger partial charge >= 0.3 is 6.03 Å². The van der Waals surface area contributed by atoms with Crippen LogP contribution in [0.3, 0.4) is 0 Å². The second kappa shape index (κ2) is 7.09. The van der Waals surface area contributed by atoms with E-state index in [0.717, 1.165) is 34.6 Å². The van der Waals surface area contributed by atoms with Crippen molar-refractivity contribution >= 4 is 40.1 Å². The number of para-hydroxylation sites is 1. The highest BCUT2D eigenvalue weighted by Crippen LogP contribution is 2.41. The van der Waals surface area contributed by atoms with Gasteiger partial charge in [-0.3, -0.25) is 19.3 Å². The van der Waals surface area contributed by atoms with Crippen LogP contribution in [-0.2, 0) is 28.0 Å². The summed E-state index contributed by atoms with van der Waals surface area (Å²) in [6.45, 7) is -0.192. The largest absolute Gasteiger partial charge is 0.493 e. The fraction of sp³-hybridized carbons (Fsp3) is 0.333. The molecule has 3 aliphatic rings. The molecule has 4 N–H and O–H groups in total. The number of aryl methyl sites for hydroxylation is 1. The molecule has 3 heterocycles. The molecular weight excluding hydrogens is 420 g/mol. The average molecular weight is 440 g/mol. The third-order valence-corrected chi connectivity index (χ3v) is 7.19. The molecule has 1 aliphatic carbocycles. The normalized spacial score (nSPS) is 21.5. The lowest BCUT2D eigenvalue weighted by Gasteiger charge is -2.33. The van der Waals surface area contributed by atoms with E-state index in [2.05, 4.69) is 10.6 Å². The Hall–Kier alpha value is -3.40. The lowest BCUT2D eigenvalue weighted by molar-refractivity contribution is -0.135. The number of imide groups is 1. The van der Waals surface area contributed by atoms with Crippen LogP contribution >= 0.6 is 11.3 Å². The Bertz CT molecular complexity index is 1140. The van der Waals surface area contributed by atoms with Crippen LogP contribution in [0.1, 0.15) is 39.2 Å². The van der Waals surface area contributed by atoms with Crippen molar-refractivity contribution in [3.63, 3.8) is 0 Å². The molecular formula is C21H20N4O5S. The van der Waals surface area contributed by atoms with Crippen LogP contribution < -0.4 is 21.1 Å². The highest BCUT2D eigenvalue weighted by Gasteiger charge is 2.55. The number of nitrogens with zero attached hydrogens (tertiary/aromatic N) is 1. The third-order valence-electron chi connectivity index (χ3n) is 5.98. The van der Waals surface area contributed by atoms with Crippen LogP contribution in [-0.4, -0.2) is 41.8 Å². The number of urea groups is 1. The van der Waals surface area contributed by atoms with Crippen LogP contribution in [0.4, 0.5) is 9.80 Å². The summed E-state index contributed by atoms with van der Waals surface area (Å²) in [7, 11) is 0. The number of anilines is 1. The first-order chi connectivity index (χ1) is 14.9. The summed E-state index contributed by atoms with van der Waals surface area (Å²) >= 11 is 1.32. The van der Waals surface area contributed by atoms with Crippen molar-refractivity contribution in [3.05, 3.63) is 45.8 Å². The van der Waals surface area contributed by atoms with Crippen LogP contribution in [0.2, 0.25) is 0 Å². The van der Waals surface area contributed by atoms with Crippen molar-refractivity contribution in [2.24, 2.45) is 5.73 Å². The smallest absolute Gasteiger partial charge is 0.325 e. The van der Waals surface area contributed by atoms with E-state index in [9.17, 15) is 19.2 Å². The molecule has 0 unspecified atom stereocenters. The molecule has 1 atom stereocenters. The van der Waals surface area contributed by atoms with Crippen LogP contribution in [0.15, 0.2) is 24.3 Å². The molecule has 0 bridgehead atoms. The van der Waals surface area contributed by atoms with Gasteiger partial charge in [0.2, 0.25) is 5.91 Å². The second-order valence-corrected chi connectivity index (χ2v) is 8.90. The quantitative estimate of drug-likeness (QED) is 0.620. The van der Waals surface area contributed by atoms with E-state index < -0.39 is 35.8 Å². The number of amides is 5. The Morgan fingerprint density at radius 2 is 2.06 bits per heavy atom. The molecule has 0 saturated carbocycles. The summed E-state index contributed by atoms with van der Waals surface area (Å²) in [5, 5.41) is 5.82. The zero-order valence-corrected chi connectivity index (χ0v) is 17.3. The monoisotopic (exact) mass is 440 g/mol. The van der Waals surface area contributed by atoms with Crippen molar-refractivity contribution in [2.45, 2.75) is 31.2 Å². The lowest BCUT2D eigenvalue weighted by Crippen LogP contribution is -2.48. The fourth-order valence-electron chi connectivity index (χ4n) is 4.58. The predicted molar refractivity (Wildman–Crippen MR) is 112 cm³/mol. The number of thiophene rings is 1. The first-order valence-electron chi connectivity index (χ1n) is 10.0. The lowest BCUT2D eigenvalue weighted by atomic mass is 9.84. The molecule has 9 nitrogen and oxygen atoms in total. The Morgan fingerprint density at radius 1 is 1.26 bits per heavy atom. The van der Waals surface area contributed by atoms with Crippen LogP contribution in [0, 0.1) is 0 Å². The number of primary amides is 1. The highest BCUT2D eigenvalue weighted by molar-refractivity contribution is 7.17. The van der Waals surface area contributed by atoms with Gasteiger partial charge in [-0.05, 0) is 30.9 Å². The Labute approximate surface area is 181 Å². The van der Waals surface area contributed by atoms with Crippen LogP contribution in [0.25, 0.3) is 0 Å². The number of hydrogen-bond acceptors (Lipinski definition) is 6. The number of fused-ring (bicyclic) bond motifs is 3. The number of carbonyl (C=O) groups excluding carboxylic acids is 4. The van der Waals surface area contributed by atoms with Crippen molar-refractivity contribution < 1.29 is 23.9 Å². The van der Waals surface area contributed by atoms with E-state index in [4.69, 9.17) is 10.5 Å². The number of nitrogens with one attached hydrogen (secondary N) is 2. The number of ether oxygens (including phenoxy) is 1. The summed E-state index contributed by atoms with van der Waals surface area (Å²) in [5.41, 5.74) is 6.09. The highest BCUT2D eigenvalue weighted by atomic mass is 32.1. The van der Waals surface area contributed by atoms with Gasteiger partial charge in [-0.2, -0.15) is 0 Å². The maximum Gasteiger partial charge on any atom is 0.325 e. The van der Waals surface area contributed by atoms with E-state index >= 15 is 0 Å². The molecule has 1 aromatic carbocycles. The van der Waals surface area contributed by atoms with Gasteiger partial charge in [-0.15, -0.1) is 11.3 Å². The molecule has 1 spiro atoms. The topological polar surface area (TPSA) is 131 Å². The number of carbonyl (C=O) groups is 4. The van der Waals surface area contributed by atoms with E-state index in [1.54, 1.807) is 24.3 Å². The van der Waals surface area contributed by atoms with Gasteiger partial charge in [-0.25, -0.2) is 4.79 Å². The summed E-state index contributed by atoms with van der Waals surface area (Å²) in [6.07, 6.45) is 2.81. The van der Waals surface area contributed by atoms with Gasteiger partial charge < -0.3 is 21.1 Å². The first-order valence-corrected chi connectivity index (χ1v) is 10.8. The van der Waals surface area contributed by atoms with Crippen LogP contribution in [0.5, 0.6) is 5.75 Å². The van der Waals surface area contributed by atoms with Gasteiger partial charge in [0.05, 0.1) is 12.2 Å². The molecule has 1 aromatic heterocycles. The van der Waals surface area contributed by atoms with Crippen molar-refractivity contribution in [2.75, 3.05) is 18.5 Å². The Kier molecular flexibility index (Phi) is 4.47. The van der Waals surface area contributed by atoms with E-state index in [0.29, 0.717) is 21.9 Å². The molecule has 1 saturated heterocycles. The molecule has 2 aliphatic heterocycles. The SMILES string of the molecule is NC(=O)c1c(NC(=O)CN2C(=O)N[C@@]3(CCOc4ccccc43)C2=O)sc2c1CCC2. The predicted octanol–water partition coefficient (Wildman–Crippen LogP) is 1.50. The number of hydrogen-bond donors (Lipinski definition) is 3. The summed E-state index contributed by atoms with van der Waals surface area (Å²) in [5.74, 6) is -1.12. The fourth-order valence-corrected chi connectivity index (χ4v) is 5.89. The standard InChI is InChI=1S/C21H20N4O5S/c22-17(27)16-11-4-3-7-14(11)31-18(16)23-15(26)10-25-19(28)21(24-20(25)29)8-9-30-13-6-2-1-5-12(13)21/h1-2,5-6H,3-4,7-10H2,(H2,22,27)(H,23,26)(H,24,29)/t21-/m1/s1. The Balaban J connectivity index is 1.37. The molecule has 1 fully saturated rings. The average Bonchev–Trinajstić information content (AvgIpc) is 3.37. The number of benzene rings is 1. The minimum atomic E-state index is -1.24. The first kappa shape index (κ1) is 19.6.